The molecule has 0 aromatic carbocycles. The summed E-state index contributed by atoms with van der Waals surface area (Å²) >= 11 is 0. The Bertz CT molecular complexity index is 199. The lowest BCUT2D eigenvalue weighted by molar-refractivity contribution is 0.365. The Hall–Kier alpha value is -0.00935. The molecule has 0 atom stereocenters. The van der Waals surface area contributed by atoms with Crippen LogP contribution in [0.2, 0.25) is 39.3 Å². The van der Waals surface area contributed by atoms with Crippen molar-refractivity contribution in [3.63, 3.8) is 0 Å². The molecule has 0 aliphatic carbocycles. The predicted molar refractivity (Wildman–Crippen MR) is 71.5 cm³/mol. The van der Waals surface area contributed by atoms with Crippen LogP contribution >= 0.6 is 0 Å². The quantitative estimate of drug-likeness (QED) is 0.561. The van der Waals surface area contributed by atoms with Gasteiger partial charge in [0.15, 0.2) is 0 Å². The average Bonchev–Trinajstić information content (AvgIpc) is 1.78. The third-order valence-electron chi connectivity index (χ3n) is 1.41. The maximum absolute atomic E-state index is 5.92. The van der Waals surface area contributed by atoms with Crippen LogP contribution in [-0.2, 0) is 8.85 Å². The van der Waals surface area contributed by atoms with Gasteiger partial charge in [-0.25, -0.2) is 0 Å². The Morgan fingerprint density at radius 3 is 1.50 bits per heavy atom. The zero-order chi connectivity index (χ0) is 11.6. The van der Waals surface area contributed by atoms with Gasteiger partial charge in [0.25, 0.3) is 0 Å². The van der Waals surface area contributed by atoms with Crippen LogP contribution in [0.1, 0.15) is 6.92 Å². The first-order valence-corrected chi connectivity index (χ1v) is 12.9. The zero-order valence-electron chi connectivity index (χ0n) is 10.8. The van der Waals surface area contributed by atoms with Gasteiger partial charge in [-0.15, -0.1) is 0 Å². The molecule has 0 fully saturated rings. The van der Waals surface area contributed by atoms with Crippen LogP contribution in [-0.4, -0.2) is 26.9 Å². The lowest BCUT2D eigenvalue weighted by Crippen LogP contribution is -2.28. The second-order valence-electron chi connectivity index (χ2n) is 5.54. The first-order chi connectivity index (χ1) is 6.01. The fourth-order valence-electron chi connectivity index (χ4n) is 1.06. The molecule has 0 saturated carbocycles. The van der Waals surface area contributed by atoms with Crippen LogP contribution in [0.25, 0.3) is 0 Å². The molecule has 0 rings (SSSR count). The van der Waals surface area contributed by atoms with Crippen LogP contribution in [0, 0.1) is 0 Å². The van der Waals surface area contributed by atoms with Crippen LogP contribution in [0.15, 0.2) is 11.1 Å². The molecule has 0 aliphatic heterocycles. The van der Waals surface area contributed by atoms with Gasteiger partial charge in [0.1, 0.15) is 5.76 Å². The van der Waals surface area contributed by atoms with E-state index in [2.05, 4.69) is 39.3 Å². The van der Waals surface area contributed by atoms with E-state index in [1.807, 2.05) is 6.92 Å². The van der Waals surface area contributed by atoms with Crippen molar-refractivity contribution >= 4 is 26.9 Å². The molecule has 5 heteroatoms. The first-order valence-electron chi connectivity index (χ1n) is 5.07. The summed E-state index contributed by atoms with van der Waals surface area (Å²) in [5, 5.41) is 1.09. The lowest BCUT2D eigenvalue weighted by Gasteiger charge is -2.25. The molecule has 0 N–H and O–H groups in total. The Labute approximate surface area is 93.4 Å². The molecule has 0 aromatic rings. The van der Waals surface area contributed by atoms with Crippen molar-refractivity contribution in [1.29, 1.82) is 0 Å². The van der Waals surface area contributed by atoms with Crippen molar-refractivity contribution in [2.24, 2.45) is 0 Å². The molecule has 0 spiro atoms. The summed E-state index contributed by atoms with van der Waals surface area (Å²) in [7, 11) is -1.97. The summed E-state index contributed by atoms with van der Waals surface area (Å²) in [5.41, 5.74) is 0. The summed E-state index contributed by atoms with van der Waals surface area (Å²) in [4.78, 5) is 0. The molecule has 0 aromatic heterocycles. The Balaban J connectivity index is 4.45. The first kappa shape index (κ1) is 14.0. The van der Waals surface area contributed by atoms with Crippen LogP contribution in [0.3, 0.4) is 0 Å². The molecular formula is C9H24O2Si3. The Kier molecular flexibility index (Phi) is 4.67. The van der Waals surface area contributed by atoms with Gasteiger partial charge in [0, 0.05) is 0 Å². The van der Waals surface area contributed by atoms with E-state index in [4.69, 9.17) is 8.85 Å². The zero-order valence-corrected chi connectivity index (χ0v) is 14.8. The van der Waals surface area contributed by atoms with E-state index < -0.39 is 16.6 Å². The van der Waals surface area contributed by atoms with Crippen molar-refractivity contribution in [2.75, 3.05) is 0 Å². The maximum atomic E-state index is 5.92. The van der Waals surface area contributed by atoms with Crippen LogP contribution in [0.4, 0.5) is 0 Å². The highest BCUT2D eigenvalue weighted by molar-refractivity contribution is 6.71. The second-order valence-corrected chi connectivity index (χ2v) is 15.3. The molecule has 0 bridgehead atoms. The molecule has 0 unspecified atom stereocenters. The van der Waals surface area contributed by atoms with Crippen molar-refractivity contribution in [2.45, 2.75) is 46.2 Å². The van der Waals surface area contributed by atoms with E-state index in [1.165, 1.54) is 0 Å². The average molecular weight is 249 g/mol. The molecule has 2 nitrogen and oxygen atoms in total. The van der Waals surface area contributed by atoms with Crippen molar-refractivity contribution < 1.29 is 8.85 Å². The molecule has 0 radical (unpaired) electrons. The van der Waals surface area contributed by atoms with Gasteiger partial charge in [-0.1, -0.05) is 0 Å². The van der Waals surface area contributed by atoms with Crippen LogP contribution in [0.5, 0.6) is 0 Å². The largest absolute Gasteiger partial charge is 0.549 e. The topological polar surface area (TPSA) is 18.5 Å². The van der Waals surface area contributed by atoms with Gasteiger partial charge >= 0.3 is 0 Å². The van der Waals surface area contributed by atoms with Crippen LogP contribution < -0.4 is 0 Å². The standard InChI is InChI=1S/C9H24O2Si3/c1-8(10-13(2,3)4)9(12)11-14(5,6)7/h1-7,12H3. The van der Waals surface area contributed by atoms with E-state index in [9.17, 15) is 0 Å². The Morgan fingerprint density at radius 2 is 1.21 bits per heavy atom. The highest BCUT2D eigenvalue weighted by atomic mass is 28.4. The summed E-state index contributed by atoms with van der Waals surface area (Å²) in [6.07, 6.45) is 0. The minimum atomic E-state index is -1.46. The Morgan fingerprint density at radius 1 is 0.857 bits per heavy atom. The maximum Gasteiger partial charge on any atom is 0.241 e. The van der Waals surface area contributed by atoms with Gasteiger partial charge in [-0.2, -0.15) is 0 Å². The number of allylic oxidation sites excluding steroid dienone is 1. The summed E-state index contributed by atoms with van der Waals surface area (Å²) in [5.74, 6) is 1.01. The molecule has 0 aliphatic rings. The summed E-state index contributed by atoms with van der Waals surface area (Å²) in [6, 6.07) is 0. The van der Waals surface area contributed by atoms with E-state index in [1.54, 1.807) is 0 Å². The molecule has 14 heavy (non-hydrogen) atoms. The molecule has 0 saturated heterocycles. The van der Waals surface area contributed by atoms with Crippen molar-refractivity contribution in [1.82, 2.24) is 0 Å². The molecular weight excluding hydrogens is 224 g/mol. The molecule has 84 valence electrons. The van der Waals surface area contributed by atoms with E-state index in [-0.39, 0.29) is 0 Å². The fraction of sp³-hybridized carbons (Fsp3) is 0.778. The SMILES string of the molecule is CC(O[Si](C)(C)C)=C([SiH3])O[Si](C)(C)C. The minimum absolute atomic E-state index is 0.937. The highest BCUT2D eigenvalue weighted by Gasteiger charge is 2.20. The summed E-state index contributed by atoms with van der Waals surface area (Å²) in [6.45, 7) is 15.2. The van der Waals surface area contributed by atoms with Gasteiger partial charge < -0.3 is 8.85 Å². The third kappa shape index (κ3) is 7.40. The van der Waals surface area contributed by atoms with E-state index in [0.717, 1.165) is 21.4 Å². The minimum Gasteiger partial charge on any atom is -0.549 e. The normalized spacial score (nSPS) is 15.1. The van der Waals surface area contributed by atoms with Gasteiger partial charge in [-0.05, 0) is 46.2 Å². The second kappa shape index (κ2) is 4.67. The predicted octanol–water partition coefficient (Wildman–Crippen LogP) is 2.24. The number of hydrogen-bond donors (Lipinski definition) is 0. The monoisotopic (exact) mass is 248 g/mol. The van der Waals surface area contributed by atoms with Gasteiger partial charge in [0.05, 0.1) is 15.6 Å². The van der Waals surface area contributed by atoms with Crippen molar-refractivity contribution in [3.05, 3.63) is 11.1 Å². The van der Waals surface area contributed by atoms with E-state index in [0.29, 0.717) is 0 Å². The number of hydrogen-bond acceptors (Lipinski definition) is 2. The highest BCUT2D eigenvalue weighted by Crippen LogP contribution is 2.16. The van der Waals surface area contributed by atoms with Gasteiger partial charge in [-0.3, -0.25) is 0 Å². The smallest absolute Gasteiger partial charge is 0.241 e. The molecule has 0 heterocycles. The number of rotatable bonds is 4. The third-order valence-corrected chi connectivity index (χ3v) is 4.57. The molecule has 0 amide bonds. The lowest BCUT2D eigenvalue weighted by atomic mass is 10.6. The fourth-order valence-corrected chi connectivity index (χ4v) is 5.33. The van der Waals surface area contributed by atoms with E-state index >= 15 is 0 Å². The van der Waals surface area contributed by atoms with Gasteiger partial charge in [0.2, 0.25) is 16.6 Å². The summed E-state index contributed by atoms with van der Waals surface area (Å²) < 4.78 is 11.8. The van der Waals surface area contributed by atoms with Crippen molar-refractivity contribution in [3.8, 4) is 0 Å².